The van der Waals surface area contributed by atoms with Crippen LogP contribution < -0.4 is 5.73 Å². The summed E-state index contributed by atoms with van der Waals surface area (Å²) in [6.07, 6.45) is 0. The molecule has 2 rings (SSSR count). The molecule has 0 spiro atoms. The van der Waals surface area contributed by atoms with Crippen LogP contribution in [0.15, 0.2) is 22.7 Å². The molecule has 0 aliphatic heterocycles. The highest BCUT2D eigenvalue weighted by atomic mass is 79.9. The Bertz CT molecular complexity index is 546. The quantitative estimate of drug-likeness (QED) is 0.881. The van der Waals surface area contributed by atoms with E-state index in [1.807, 2.05) is 0 Å². The minimum atomic E-state index is 0.417. The van der Waals surface area contributed by atoms with Gasteiger partial charge >= 0.3 is 0 Å². The van der Waals surface area contributed by atoms with Crippen LogP contribution in [0.25, 0.3) is 11.3 Å². The Morgan fingerprint density at radius 2 is 2.06 bits per heavy atom. The van der Waals surface area contributed by atoms with Crippen LogP contribution in [0.3, 0.4) is 0 Å². The van der Waals surface area contributed by atoms with Crippen molar-refractivity contribution in [1.29, 1.82) is 0 Å². The second kappa shape index (κ2) is 4.78. The van der Waals surface area contributed by atoms with Crippen LogP contribution in [-0.4, -0.2) is 4.98 Å². The van der Waals surface area contributed by atoms with E-state index in [-0.39, 0.29) is 0 Å². The van der Waals surface area contributed by atoms with Crippen molar-refractivity contribution in [3.05, 3.63) is 33.2 Å². The van der Waals surface area contributed by atoms with Gasteiger partial charge in [0, 0.05) is 16.0 Å². The van der Waals surface area contributed by atoms with Gasteiger partial charge in [-0.1, -0.05) is 41.9 Å². The number of nitrogens with two attached hydrogens (primary N) is 1. The van der Waals surface area contributed by atoms with E-state index in [0.717, 1.165) is 25.7 Å². The summed E-state index contributed by atoms with van der Waals surface area (Å²) in [6.45, 7) is 6.33. The maximum absolute atomic E-state index is 6.05. The van der Waals surface area contributed by atoms with Gasteiger partial charge in [-0.3, -0.25) is 0 Å². The summed E-state index contributed by atoms with van der Waals surface area (Å²) in [6, 6.07) is 6.23. The van der Waals surface area contributed by atoms with Gasteiger partial charge in [0.2, 0.25) is 0 Å². The fourth-order valence-electron chi connectivity index (χ4n) is 1.60. The normalized spacial score (nSPS) is 11.1. The summed E-state index contributed by atoms with van der Waals surface area (Å²) in [7, 11) is 0. The molecule has 0 aliphatic carbocycles. The van der Waals surface area contributed by atoms with Gasteiger partial charge in [-0.2, -0.15) is 0 Å². The number of rotatable bonds is 2. The van der Waals surface area contributed by atoms with Gasteiger partial charge in [0.1, 0.15) is 10.7 Å². The van der Waals surface area contributed by atoms with Crippen LogP contribution >= 0.6 is 27.3 Å². The molecule has 1 aromatic carbocycles. The molecule has 2 nitrogen and oxygen atoms in total. The summed E-state index contributed by atoms with van der Waals surface area (Å²) in [4.78, 5) is 4.63. The number of hydrogen-bond acceptors (Lipinski definition) is 3. The van der Waals surface area contributed by atoms with Crippen LogP contribution in [0.5, 0.6) is 0 Å². The molecule has 2 aromatic rings. The molecular weight excluding hydrogens is 296 g/mol. The molecule has 0 bridgehead atoms. The molecule has 2 N–H and O–H groups in total. The number of aromatic nitrogens is 1. The first-order valence-corrected chi connectivity index (χ1v) is 7.12. The largest absolute Gasteiger partial charge is 0.389 e. The van der Waals surface area contributed by atoms with E-state index in [4.69, 9.17) is 5.73 Å². The van der Waals surface area contributed by atoms with Crippen molar-refractivity contribution in [2.24, 2.45) is 0 Å². The Hall–Kier alpha value is -0.870. The first-order valence-electron chi connectivity index (χ1n) is 5.51. The smallest absolute Gasteiger partial charge is 0.114 e. The number of nitrogen functional groups attached to an aromatic ring is 1. The predicted octanol–water partition coefficient (Wildman–Crippen LogP) is 4.59. The van der Waals surface area contributed by atoms with Crippen molar-refractivity contribution >= 4 is 32.3 Å². The SMILES string of the molecule is Cc1ccc(-c2nc(C(C)C)sc2N)c(Br)c1. The van der Waals surface area contributed by atoms with Crippen LogP contribution in [0.4, 0.5) is 5.00 Å². The third kappa shape index (κ3) is 2.53. The Morgan fingerprint density at radius 3 is 2.59 bits per heavy atom. The molecule has 1 aromatic heterocycles. The highest BCUT2D eigenvalue weighted by Gasteiger charge is 2.14. The number of thiazole rings is 1. The van der Waals surface area contributed by atoms with E-state index in [1.54, 1.807) is 11.3 Å². The summed E-state index contributed by atoms with van der Waals surface area (Å²) in [5, 5.41) is 1.88. The molecule has 17 heavy (non-hydrogen) atoms. The zero-order chi connectivity index (χ0) is 12.6. The van der Waals surface area contributed by atoms with Crippen LogP contribution in [-0.2, 0) is 0 Å². The molecule has 0 radical (unpaired) electrons. The molecule has 0 saturated carbocycles. The molecule has 0 atom stereocenters. The number of anilines is 1. The van der Waals surface area contributed by atoms with E-state index < -0.39 is 0 Å². The minimum Gasteiger partial charge on any atom is -0.389 e. The van der Waals surface area contributed by atoms with Crippen LogP contribution in [0.2, 0.25) is 0 Å². The maximum atomic E-state index is 6.05. The maximum Gasteiger partial charge on any atom is 0.114 e. The Morgan fingerprint density at radius 1 is 1.35 bits per heavy atom. The molecule has 0 amide bonds. The number of halogens is 1. The first kappa shape index (κ1) is 12.6. The highest BCUT2D eigenvalue weighted by Crippen LogP contribution is 2.37. The van der Waals surface area contributed by atoms with E-state index >= 15 is 0 Å². The number of hydrogen-bond donors (Lipinski definition) is 1. The lowest BCUT2D eigenvalue weighted by molar-refractivity contribution is 0.853. The highest BCUT2D eigenvalue weighted by molar-refractivity contribution is 9.10. The third-order valence-corrected chi connectivity index (χ3v) is 4.38. The van der Waals surface area contributed by atoms with E-state index in [2.05, 4.69) is 59.9 Å². The fraction of sp³-hybridized carbons (Fsp3) is 0.308. The van der Waals surface area contributed by atoms with Crippen molar-refractivity contribution < 1.29 is 0 Å². The zero-order valence-electron chi connectivity index (χ0n) is 10.1. The lowest BCUT2D eigenvalue weighted by Crippen LogP contribution is -1.89. The molecule has 0 unspecified atom stereocenters. The van der Waals surface area contributed by atoms with E-state index in [9.17, 15) is 0 Å². The lowest BCUT2D eigenvalue weighted by Gasteiger charge is -2.03. The predicted molar refractivity (Wildman–Crippen MR) is 78.5 cm³/mol. The Kier molecular flexibility index (Phi) is 3.54. The zero-order valence-corrected chi connectivity index (χ0v) is 12.5. The number of nitrogens with zero attached hydrogens (tertiary/aromatic N) is 1. The Labute approximate surface area is 114 Å². The van der Waals surface area contributed by atoms with Crippen molar-refractivity contribution in [2.45, 2.75) is 26.7 Å². The average molecular weight is 311 g/mol. The number of aryl methyl sites for hydroxylation is 1. The summed E-state index contributed by atoms with van der Waals surface area (Å²) >= 11 is 5.15. The molecule has 0 saturated heterocycles. The molecule has 90 valence electrons. The summed E-state index contributed by atoms with van der Waals surface area (Å²) in [5.41, 5.74) is 9.23. The Balaban J connectivity index is 2.52. The van der Waals surface area contributed by atoms with Crippen molar-refractivity contribution in [1.82, 2.24) is 4.98 Å². The lowest BCUT2D eigenvalue weighted by atomic mass is 10.1. The minimum absolute atomic E-state index is 0.417. The second-order valence-corrected chi connectivity index (χ2v) is 6.32. The van der Waals surface area contributed by atoms with E-state index in [0.29, 0.717) is 5.92 Å². The molecule has 0 aliphatic rings. The van der Waals surface area contributed by atoms with Gasteiger partial charge in [0.05, 0.1) is 5.01 Å². The summed E-state index contributed by atoms with van der Waals surface area (Å²) in [5.74, 6) is 0.417. The molecular formula is C13H15BrN2S. The van der Waals surface area contributed by atoms with Crippen molar-refractivity contribution in [3.8, 4) is 11.3 Å². The summed E-state index contributed by atoms with van der Waals surface area (Å²) < 4.78 is 1.05. The van der Waals surface area contributed by atoms with Crippen molar-refractivity contribution in [2.75, 3.05) is 5.73 Å². The fourth-order valence-corrected chi connectivity index (χ4v) is 3.13. The number of benzene rings is 1. The van der Waals surface area contributed by atoms with Gasteiger partial charge < -0.3 is 5.73 Å². The van der Waals surface area contributed by atoms with Gasteiger partial charge in [-0.05, 0) is 18.6 Å². The average Bonchev–Trinajstić information content (AvgIpc) is 2.61. The van der Waals surface area contributed by atoms with Crippen LogP contribution in [0.1, 0.15) is 30.3 Å². The van der Waals surface area contributed by atoms with Gasteiger partial charge in [0.15, 0.2) is 0 Å². The molecule has 0 fully saturated rings. The van der Waals surface area contributed by atoms with Gasteiger partial charge in [-0.15, -0.1) is 11.3 Å². The molecule has 1 heterocycles. The topological polar surface area (TPSA) is 38.9 Å². The van der Waals surface area contributed by atoms with Gasteiger partial charge in [-0.25, -0.2) is 4.98 Å². The monoisotopic (exact) mass is 310 g/mol. The van der Waals surface area contributed by atoms with Gasteiger partial charge in [0.25, 0.3) is 0 Å². The second-order valence-electron chi connectivity index (χ2n) is 4.40. The molecule has 4 heteroatoms. The third-order valence-electron chi connectivity index (χ3n) is 2.54. The first-order chi connectivity index (χ1) is 7.99. The van der Waals surface area contributed by atoms with Crippen LogP contribution in [0, 0.1) is 6.92 Å². The standard InChI is InChI=1S/C13H15BrN2S/c1-7(2)13-16-11(12(15)17-13)9-5-4-8(3)6-10(9)14/h4-7H,15H2,1-3H3. The van der Waals surface area contributed by atoms with Crippen molar-refractivity contribution in [3.63, 3.8) is 0 Å². The van der Waals surface area contributed by atoms with E-state index in [1.165, 1.54) is 5.56 Å².